The normalized spacial score (nSPS) is 24.2. The molecule has 1 amide bonds. The lowest BCUT2D eigenvalue weighted by Crippen LogP contribution is -2.38. The summed E-state index contributed by atoms with van der Waals surface area (Å²) in [7, 11) is 0. The molecule has 19 heavy (non-hydrogen) atoms. The van der Waals surface area contributed by atoms with E-state index in [0.717, 1.165) is 19.6 Å². The fourth-order valence-corrected chi connectivity index (χ4v) is 2.90. The summed E-state index contributed by atoms with van der Waals surface area (Å²) in [6, 6.07) is 0.507. The van der Waals surface area contributed by atoms with Gasteiger partial charge in [0.15, 0.2) is 0 Å². The fraction of sp³-hybridized carbons (Fsp3) is 0.800. The van der Waals surface area contributed by atoms with Gasteiger partial charge >= 0.3 is 0 Å². The van der Waals surface area contributed by atoms with E-state index in [1.165, 1.54) is 25.7 Å². The number of hydrogen-bond acceptors (Lipinski definition) is 2. The van der Waals surface area contributed by atoms with Gasteiger partial charge in [0, 0.05) is 19.0 Å². The zero-order valence-corrected chi connectivity index (χ0v) is 12.8. The molecule has 0 aromatic carbocycles. The average Bonchev–Trinajstić information content (AvgIpc) is 3.21. The first-order chi connectivity index (χ1) is 8.72. The van der Waals surface area contributed by atoms with Crippen LogP contribution in [0.1, 0.15) is 39.0 Å². The van der Waals surface area contributed by atoms with Crippen LogP contribution in [0, 0.1) is 11.8 Å². The van der Waals surface area contributed by atoms with Gasteiger partial charge in [-0.05, 0) is 50.6 Å². The smallest absolute Gasteiger partial charge is 0.223 e. The van der Waals surface area contributed by atoms with Crippen molar-refractivity contribution in [3.63, 3.8) is 0 Å². The number of hydrogen-bond donors (Lipinski definition) is 1. The molecule has 4 heteroatoms. The van der Waals surface area contributed by atoms with Crippen molar-refractivity contribution in [1.29, 1.82) is 0 Å². The number of carbonyl (C=O) groups is 1. The molecular weight excluding hydrogens is 260 g/mol. The molecule has 1 aliphatic carbocycles. The molecule has 0 radical (unpaired) electrons. The van der Waals surface area contributed by atoms with Crippen molar-refractivity contribution in [3.8, 4) is 0 Å². The van der Waals surface area contributed by atoms with Gasteiger partial charge in [0.1, 0.15) is 0 Å². The van der Waals surface area contributed by atoms with E-state index < -0.39 is 0 Å². The molecule has 1 heterocycles. The molecule has 2 fully saturated rings. The Bertz CT molecular complexity index is 299. The Labute approximate surface area is 123 Å². The Morgan fingerprint density at radius 2 is 2.21 bits per heavy atom. The van der Waals surface area contributed by atoms with E-state index in [0.29, 0.717) is 30.2 Å². The second-order valence-electron chi connectivity index (χ2n) is 5.85. The van der Waals surface area contributed by atoms with Gasteiger partial charge in [-0.15, -0.1) is 19.0 Å². The maximum absolute atomic E-state index is 12.3. The third-order valence-electron chi connectivity index (χ3n) is 4.27. The van der Waals surface area contributed by atoms with E-state index in [1.807, 2.05) is 11.0 Å². The molecule has 0 aromatic heterocycles. The Hall–Kier alpha value is -0.540. The van der Waals surface area contributed by atoms with Crippen LogP contribution >= 0.6 is 12.4 Å². The maximum Gasteiger partial charge on any atom is 0.223 e. The summed E-state index contributed by atoms with van der Waals surface area (Å²) in [6.07, 6.45) is 7.44. The first-order valence-corrected chi connectivity index (χ1v) is 7.33. The molecule has 0 aromatic rings. The standard InChI is InChI=1S/C15H26N2O.ClH/c1-3-9-17(14-6-7-14)15(18)10-12(2)13-5-4-8-16-11-13;/h3,12-14,16H,1,4-11H2,2H3;1H. The van der Waals surface area contributed by atoms with Gasteiger partial charge in [0.25, 0.3) is 0 Å². The van der Waals surface area contributed by atoms with Crippen molar-refractivity contribution in [2.24, 2.45) is 11.8 Å². The van der Waals surface area contributed by atoms with Crippen molar-refractivity contribution < 1.29 is 4.79 Å². The van der Waals surface area contributed by atoms with E-state index in [2.05, 4.69) is 18.8 Å². The summed E-state index contributed by atoms with van der Waals surface area (Å²) in [4.78, 5) is 14.4. The molecule has 0 bridgehead atoms. The van der Waals surface area contributed by atoms with Crippen molar-refractivity contribution >= 4 is 18.3 Å². The second kappa shape index (κ2) is 7.91. The summed E-state index contributed by atoms with van der Waals surface area (Å²) in [5, 5.41) is 3.44. The van der Waals surface area contributed by atoms with Crippen LogP contribution in [-0.4, -0.2) is 36.5 Å². The van der Waals surface area contributed by atoms with Crippen molar-refractivity contribution in [2.75, 3.05) is 19.6 Å². The molecule has 2 atom stereocenters. The first-order valence-electron chi connectivity index (χ1n) is 7.33. The number of amides is 1. The highest BCUT2D eigenvalue weighted by molar-refractivity contribution is 5.85. The number of nitrogens with zero attached hydrogens (tertiary/aromatic N) is 1. The van der Waals surface area contributed by atoms with E-state index >= 15 is 0 Å². The monoisotopic (exact) mass is 286 g/mol. The molecule has 2 aliphatic rings. The van der Waals surface area contributed by atoms with Crippen LogP contribution in [0.4, 0.5) is 0 Å². The third kappa shape index (κ3) is 4.81. The highest BCUT2D eigenvalue weighted by Crippen LogP contribution is 2.29. The topological polar surface area (TPSA) is 32.3 Å². The molecular formula is C15H27ClN2O. The SMILES string of the molecule is C=CCN(C(=O)CC(C)C1CCCNC1)C1CC1.Cl. The van der Waals surface area contributed by atoms with Gasteiger partial charge in [-0.25, -0.2) is 0 Å². The van der Waals surface area contributed by atoms with Crippen LogP contribution in [0.3, 0.4) is 0 Å². The summed E-state index contributed by atoms with van der Waals surface area (Å²) in [6.45, 7) is 8.93. The molecule has 110 valence electrons. The van der Waals surface area contributed by atoms with Crippen LogP contribution in [-0.2, 0) is 4.79 Å². The molecule has 0 spiro atoms. The van der Waals surface area contributed by atoms with E-state index in [-0.39, 0.29) is 12.4 Å². The zero-order valence-electron chi connectivity index (χ0n) is 11.9. The van der Waals surface area contributed by atoms with Crippen LogP contribution in [0.25, 0.3) is 0 Å². The average molecular weight is 287 g/mol. The van der Waals surface area contributed by atoms with Gasteiger partial charge in [0.2, 0.25) is 5.91 Å². The van der Waals surface area contributed by atoms with Gasteiger partial charge in [-0.2, -0.15) is 0 Å². The van der Waals surface area contributed by atoms with Crippen molar-refractivity contribution in [2.45, 2.75) is 45.1 Å². The second-order valence-corrected chi connectivity index (χ2v) is 5.85. The lowest BCUT2D eigenvalue weighted by atomic mass is 9.85. The molecule has 1 saturated carbocycles. The minimum absolute atomic E-state index is 0. The third-order valence-corrected chi connectivity index (χ3v) is 4.27. The molecule has 2 rings (SSSR count). The Morgan fingerprint density at radius 3 is 2.74 bits per heavy atom. The minimum Gasteiger partial charge on any atom is -0.336 e. The van der Waals surface area contributed by atoms with E-state index in [9.17, 15) is 4.79 Å². The number of piperidine rings is 1. The summed E-state index contributed by atoms with van der Waals surface area (Å²) >= 11 is 0. The van der Waals surface area contributed by atoms with Gasteiger partial charge in [0.05, 0.1) is 0 Å². The van der Waals surface area contributed by atoms with Gasteiger partial charge in [-0.1, -0.05) is 13.0 Å². The van der Waals surface area contributed by atoms with Gasteiger partial charge < -0.3 is 10.2 Å². The van der Waals surface area contributed by atoms with Gasteiger partial charge in [-0.3, -0.25) is 4.79 Å². The molecule has 1 N–H and O–H groups in total. The van der Waals surface area contributed by atoms with Crippen LogP contribution in [0.5, 0.6) is 0 Å². The lowest BCUT2D eigenvalue weighted by molar-refractivity contribution is -0.132. The van der Waals surface area contributed by atoms with Crippen LogP contribution in [0.15, 0.2) is 12.7 Å². The summed E-state index contributed by atoms with van der Waals surface area (Å²) in [5.41, 5.74) is 0. The highest BCUT2D eigenvalue weighted by atomic mass is 35.5. The number of halogens is 1. The minimum atomic E-state index is 0. The largest absolute Gasteiger partial charge is 0.336 e. The first kappa shape index (κ1) is 16.5. The Kier molecular flexibility index (Phi) is 6.87. The number of carbonyl (C=O) groups excluding carboxylic acids is 1. The molecule has 2 unspecified atom stereocenters. The highest BCUT2D eigenvalue weighted by Gasteiger charge is 2.33. The van der Waals surface area contributed by atoms with E-state index in [1.54, 1.807) is 0 Å². The van der Waals surface area contributed by atoms with Crippen LogP contribution in [0.2, 0.25) is 0 Å². The number of rotatable bonds is 6. The Balaban J connectivity index is 0.00000180. The predicted molar refractivity (Wildman–Crippen MR) is 81.6 cm³/mol. The fourth-order valence-electron chi connectivity index (χ4n) is 2.90. The van der Waals surface area contributed by atoms with Crippen molar-refractivity contribution in [1.82, 2.24) is 10.2 Å². The summed E-state index contributed by atoms with van der Waals surface area (Å²) in [5.74, 6) is 1.50. The molecule has 1 aliphatic heterocycles. The maximum atomic E-state index is 12.3. The predicted octanol–water partition coefficient (Wildman–Crippen LogP) is 2.61. The van der Waals surface area contributed by atoms with Crippen LogP contribution < -0.4 is 5.32 Å². The number of nitrogens with one attached hydrogen (secondary N) is 1. The lowest BCUT2D eigenvalue weighted by Gasteiger charge is -2.30. The Morgan fingerprint density at radius 1 is 1.47 bits per heavy atom. The quantitative estimate of drug-likeness (QED) is 0.761. The summed E-state index contributed by atoms with van der Waals surface area (Å²) < 4.78 is 0. The zero-order chi connectivity index (χ0) is 13.0. The molecule has 1 saturated heterocycles. The molecule has 3 nitrogen and oxygen atoms in total. The van der Waals surface area contributed by atoms with E-state index in [4.69, 9.17) is 0 Å². The van der Waals surface area contributed by atoms with Crippen molar-refractivity contribution in [3.05, 3.63) is 12.7 Å².